The molecule has 0 heterocycles. The number of aliphatic carboxylic acids is 2. The van der Waals surface area contributed by atoms with Gasteiger partial charge in [0.2, 0.25) is 17.7 Å². The molecular weight excluding hydrogens is 376 g/mol. The normalized spacial score (nSPS) is 16.0. The summed E-state index contributed by atoms with van der Waals surface area (Å²) in [4.78, 5) is 58.2. The molecule has 160 valence electrons. The molecule has 0 rings (SSSR count). The highest BCUT2D eigenvalue weighted by atomic mass is 16.4. The summed E-state index contributed by atoms with van der Waals surface area (Å²) in [5, 5.41) is 34.2. The number of nitrogens with one attached hydrogen (secondary N) is 3. The average Bonchev–Trinajstić information content (AvgIpc) is 2.61. The number of carboxylic acid groups (broad SMARTS) is 2. The molecule has 0 bridgehead atoms. The second-order valence-electron chi connectivity index (χ2n) is 6.36. The maximum absolute atomic E-state index is 12.5. The Balaban J connectivity index is 5.36. The first-order chi connectivity index (χ1) is 12.9. The van der Waals surface area contributed by atoms with E-state index >= 15 is 0 Å². The predicted octanol–water partition coefficient (Wildman–Crippen LogP) is -2.61. The minimum atomic E-state index is -1.74. The van der Waals surface area contributed by atoms with Gasteiger partial charge >= 0.3 is 11.9 Å². The van der Waals surface area contributed by atoms with Crippen LogP contribution in [0.4, 0.5) is 0 Å². The van der Waals surface area contributed by atoms with Gasteiger partial charge in [0.15, 0.2) is 0 Å². The summed E-state index contributed by atoms with van der Waals surface area (Å²) in [6.07, 6.45) is -1.80. The van der Waals surface area contributed by atoms with Gasteiger partial charge in [-0.2, -0.15) is 0 Å². The lowest BCUT2D eigenvalue weighted by atomic mass is 9.97. The molecule has 28 heavy (non-hydrogen) atoms. The summed E-state index contributed by atoms with van der Waals surface area (Å²) in [5.74, 6) is -5.81. The van der Waals surface area contributed by atoms with E-state index in [1.54, 1.807) is 13.8 Å². The molecule has 8 N–H and O–H groups in total. The first-order valence-electron chi connectivity index (χ1n) is 8.67. The highest BCUT2D eigenvalue weighted by molar-refractivity contribution is 5.94. The first-order valence-corrected chi connectivity index (χ1v) is 8.67. The summed E-state index contributed by atoms with van der Waals surface area (Å²) in [6.45, 7) is 4.30. The van der Waals surface area contributed by atoms with Crippen LogP contribution in [-0.2, 0) is 24.0 Å². The summed E-state index contributed by atoms with van der Waals surface area (Å²) in [7, 11) is 0. The van der Waals surface area contributed by atoms with Crippen molar-refractivity contribution in [2.24, 2.45) is 11.7 Å². The number of rotatable bonds is 12. The molecule has 5 atom stereocenters. The van der Waals surface area contributed by atoms with Crippen LogP contribution in [0.25, 0.3) is 0 Å². The van der Waals surface area contributed by atoms with Crippen molar-refractivity contribution in [2.45, 2.75) is 57.8 Å². The molecule has 0 radical (unpaired) electrons. The van der Waals surface area contributed by atoms with Gasteiger partial charge in [-0.25, -0.2) is 4.79 Å². The van der Waals surface area contributed by atoms with Crippen molar-refractivity contribution in [2.75, 3.05) is 6.54 Å². The van der Waals surface area contributed by atoms with Gasteiger partial charge in [-0.15, -0.1) is 0 Å². The fourth-order valence-corrected chi connectivity index (χ4v) is 2.22. The van der Waals surface area contributed by atoms with Gasteiger partial charge in [0.25, 0.3) is 0 Å². The standard InChI is InChI=1S/C16H28N4O8/c1-4-7(2)12(19-10(22)6-17)14(25)20-13(8(3)21)15(26)18-9(16(27)28)5-11(23)24/h7-9,12-13,21H,4-6,17H2,1-3H3,(H,18,26)(H,19,22)(H,20,25)(H,23,24)(H,27,28). The number of nitrogens with two attached hydrogens (primary N) is 1. The molecule has 0 aliphatic heterocycles. The lowest BCUT2D eigenvalue weighted by molar-refractivity contribution is -0.148. The Labute approximate surface area is 161 Å². The van der Waals surface area contributed by atoms with Gasteiger partial charge in [0.1, 0.15) is 18.1 Å². The van der Waals surface area contributed by atoms with Gasteiger partial charge in [-0.1, -0.05) is 20.3 Å². The fraction of sp³-hybridized carbons (Fsp3) is 0.688. The molecule has 0 saturated carbocycles. The highest BCUT2D eigenvalue weighted by Crippen LogP contribution is 2.09. The van der Waals surface area contributed by atoms with E-state index in [-0.39, 0.29) is 12.5 Å². The van der Waals surface area contributed by atoms with Gasteiger partial charge in [-0.05, 0) is 12.8 Å². The van der Waals surface area contributed by atoms with Gasteiger partial charge in [0.05, 0.1) is 19.1 Å². The summed E-state index contributed by atoms with van der Waals surface area (Å²) >= 11 is 0. The number of amides is 3. The molecule has 0 aliphatic rings. The van der Waals surface area contributed by atoms with Gasteiger partial charge < -0.3 is 37.0 Å². The van der Waals surface area contributed by atoms with Crippen LogP contribution >= 0.6 is 0 Å². The highest BCUT2D eigenvalue weighted by Gasteiger charge is 2.34. The molecule has 0 aromatic carbocycles. The van der Waals surface area contributed by atoms with Crippen LogP contribution in [0.1, 0.15) is 33.6 Å². The Morgan fingerprint density at radius 1 is 0.929 bits per heavy atom. The zero-order valence-electron chi connectivity index (χ0n) is 16.0. The molecule has 0 aliphatic carbocycles. The molecule has 0 fully saturated rings. The zero-order valence-corrected chi connectivity index (χ0v) is 16.0. The Morgan fingerprint density at radius 3 is 1.86 bits per heavy atom. The fourth-order valence-electron chi connectivity index (χ4n) is 2.22. The van der Waals surface area contributed by atoms with Crippen LogP contribution < -0.4 is 21.7 Å². The van der Waals surface area contributed by atoms with Crippen LogP contribution in [-0.4, -0.2) is 75.8 Å². The monoisotopic (exact) mass is 404 g/mol. The van der Waals surface area contributed by atoms with Crippen LogP contribution in [0.3, 0.4) is 0 Å². The van der Waals surface area contributed by atoms with E-state index in [1.165, 1.54) is 6.92 Å². The topological polar surface area (TPSA) is 208 Å². The van der Waals surface area contributed by atoms with Crippen molar-refractivity contribution < 1.29 is 39.3 Å². The van der Waals surface area contributed by atoms with E-state index in [2.05, 4.69) is 10.6 Å². The average molecular weight is 404 g/mol. The van der Waals surface area contributed by atoms with E-state index in [4.69, 9.17) is 15.9 Å². The van der Waals surface area contributed by atoms with E-state index < -0.39 is 60.3 Å². The van der Waals surface area contributed by atoms with Crippen LogP contribution in [0.2, 0.25) is 0 Å². The van der Waals surface area contributed by atoms with Crippen molar-refractivity contribution >= 4 is 29.7 Å². The smallest absolute Gasteiger partial charge is 0.326 e. The molecule has 5 unspecified atom stereocenters. The first kappa shape index (κ1) is 25.3. The summed E-state index contributed by atoms with van der Waals surface area (Å²) in [6, 6.07) is -4.35. The predicted molar refractivity (Wildman–Crippen MR) is 95.9 cm³/mol. The zero-order chi connectivity index (χ0) is 22.0. The second kappa shape index (κ2) is 11.9. The summed E-state index contributed by atoms with van der Waals surface area (Å²) < 4.78 is 0. The molecule has 12 nitrogen and oxygen atoms in total. The van der Waals surface area contributed by atoms with E-state index in [0.717, 1.165) is 0 Å². The number of carbonyl (C=O) groups is 5. The maximum Gasteiger partial charge on any atom is 0.326 e. The third kappa shape index (κ3) is 8.31. The molecular formula is C16H28N4O8. The van der Waals surface area contributed by atoms with Crippen molar-refractivity contribution in [1.29, 1.82) is 0 Å². The molecule has 12 heteroatoms. The molecule has 0 aromatic heterocycles. The third-order valence-electron chi connectivity index (χ3n) is 4.05. The van der Waals surface area contributed by atoms with Crippen LogP contribution in [0, 0.1) is 5.92 Å². The third-order valence-corrected chi connectivity index (χ3v) is 4.05. The Morgan fingerprint density at radius 2 is 1.46 bits per heavy atom. The van der Waals surface area contributed by atoms with Gasteiger partial charge in [0, 0.05) is 0 Å². The molecule has 0 aromatic rings. The van der Waals surface area contributed by atoms with Crippen LogP contribution in [0.5, 0.6) is 0 Å². The Hall–Kier alpha value is -2.73. The number of carboxylic acids is 2. The minimum Gasteiger partial charge on any atom is -0.481 e. The molecule has 0 saturated heterocycles. The number of aliphatic hydroxyl groups is 1. The van der Waals surface area contributed by atoms with Crippen molar-refractivity contribution in [3.05, 3.63) is 0 Å². The van der Waals surface area contributed by atoms with E-state index in [0.29, 0.717) is 6.42 Å². The Bertz CT molecular complexity index is 595. The maximum atomic E-state index is 12.5. The van der Waals surface area contributed by atoms with Crippen molar-refractivity contribution in [3.8, 4) is 0 Å². The number of carbonyl (C=O) groups excluding carboxylic acids is 3. The molecule has 3 amide bonds. The van der Waals surface area contributed by atoms with E-state index in [9.17, 15) is 29.1 Å². The number of hydrogen-bond acceptors (Lipinski definition) is 7. The number of hydrogen-bond donors (Lipinski definition) is 7. The van der Waals surface area contributed by atoms with Crippen molar-refractivity contribution in [1.82, 2.24) is 16.0 Å². The second-order valence-corrected chi connectivity index (χ2v) is 6.36. The largest absolute Gasteiger partial charge is 0.481 e. The van der Waals surface area contributed by atoms with Crippen LogP contribution in [0.15, 0.2) is 0 Å². The molecule has 0 spiro atoms. The summed E-state index contributed by atoms with van der Waals surface area (Å²) in [5.41, 5.74) is 5.23. The minimum absolute atomic E-state index is 0.327. The number of aliphatic hydroxyl groups excluding tert-OH is 1. The van der Waals surface area contributed by atoms with Crippen molar-refractivity contribution in [3.63, 3.8) is 0 Å². The lowest BCUT2D eigenvalue weighted by Gasteiger charge is -2.28. The SMILES string of the molecule is CCC(C)C(NC(=O)CN)C(=O)NC(C(=O)NC(CC(=O)O)C(=O)O)C(C)O. The quantitative estimate of drug-likeness (QED) is 0.181. The van der Waals surface area contributed by atoms with E-state index in [1.807, 2.05) is 5.32 Å². The Kier molecular flexibility index (Phi) is 10.7. The lowest BCUT2D eigenvalue weighted by Crippen LogP contribution is -2.60. The van der Waals surface area contributed by atoms with Gasteiger partial charge in [-0.3, -0.25) is 19.2 Å².